The van der Waals surface area contributed by atoms with Crippen LogP contribution in [0.2, 0.25) is 0 Å². The summed E-state index contributed by atoms with van der Waals surface area (Å²) in [5.41, 5.74) is 0.269. The predicted octanol–water partition coefficient (Wildman–Crippen LogP) is 3.62. The van der Waals surface area contributed by atoms with E-state index in [0.717, 1.165) is 23.5 Å². The normalized spacial score (nSPS) is 13.9. The van der Waals surface area contributed by atoms with Gasteiger partial charge in [-0.3, -0.25) is 0 Å². The van der Waals surface area contributed by atoms with Gasteiger partial charge < -0.3 is 9.84 Å². The van der Waals surface area contributed by atoms with E-state index in [2.05, 4.69) is 20.8 Å². The number of hydrogen-bond donors (Lipinski definition) is 1. The molecule has 0 radical (unpaired) electrons. The smallest absolute Gasteiger partial charge is 0.135 e. The summed E-state index contributed by atoms with van der Waals surface area (Å²) in [5.74, 6) is 0.807. The SMILES string of the molecule is COc1ccsc1C(O)CCC(C)(C)C. The highest BCUT2D eigenvalue weighted by molar-refractivity contribution is 7.10. The molecule has 15 heavy (non-hydrogen) atoms. The predicted molar refractivity (Wildman–Crippen MR) is 64.5 cm³/mol. The first-order valence-corrected chi connectivity index (χ1v) is 6.11. The van der Waals surface area contributed by atoms with Gasteiger partial charge in [-0.25, -0.2) is 0 Å². The molecule has 0 saturated carbocycles. The second-order valence-electron chi connectivity index (χ2n) is 4.97. The van der Waals surface area contributed by atoms with Crippen LogP contribution in [0.15, 0.2) is 11.4 Å². The number of ether oxygens (including phenoxy) is 1. The molecule has 0 aliphatic rings. The highest BCUT2D eigenvalue weighted by atomic mass is 32.1. The fraction of sp³-hybridized carbons (Fsp3) is 0.667. The molecule has 2 nitrogen and oxygen atoms in total. The van der Waals surface area contributed by atoms with Gasteiger partial charge in [0.15, 0.2) is 0 Å². The average molecular weight is 228 g/mol. The number of thiophene rings is 1. The lowest BCUT2D eigenvalue weighted by atomic mass is 9.89. The van der Waals surface area contributed by atoms with E-state index in [1.165, 1.54) is 0 Å². The van der Waals surface area contributed by atoms with E-state index in [0.29, 0.717) is 0 Å². The molecule has 0 spiro atoms. The maximum atomic E-state index is 10.0. The van der Waals surface area contributed by atoms with E-state index < -0.39 is 0 Å². The van der Waals surface area contributed by atoms with Crippen LogP contribution >= 0.6 is 11.3 Å². The van der Waals surface area contributed by atoms with Crippen molar-refractivity contribution >= 4 is 11.3 Å². The number of aliphatic hydroxyl groups is 1. The second-order valence-corrected chi connectivity index (χ2v) is 5.92. The van der Waals surface area contributed by atoms with E-state index in [-0.39, 0.29) is 11.5 Å². The Bertz CT molecular complexity index is 299. The summed E-state index contributed by atoms with van der Waals surface area (Å²) in [6.07, 6.45) is 1.41. The average Bonchev–Trinajstić information content (AvgIpc) is 2.60. The molecule has 1 rings (SSSR count). The summed E-state index contributed by atoms with van der Waals surface area (Å²) in [6.45, 7) is 6.56. The van der Waals surface area contributed by atoms with Crippen molar-refractivity contribution in [1.82, 2.24) is 0 Å². The molecule has 0 aliphatic carbocycles. The van der Waals surface area contributed by atoms with Crippen molar-refractivity contribution < 1.29 is 9.84 Å². The minimum atomic E-state index is -0.390. The topological polar surface area (TPSA) is 29.5 Å². The van der Waals surface area contributed by atoms with Crippen LogP contribution in [0, 0.1) is 5.41 Å². The molecular formula is C12H20O2S. The van der Waals surface area contributed by atoms with Gasteiger partial charge in [-0.2, -0.15) is 0 Å². The molecule has 0 amide bonds. The van der Waals surface area contributed by atoms with Crippen LogP contribution in [0.5, 0.6) is 5.75 Å². The van der Waals surface area contributed by atoms with Crippen molar-refractivity contribution in [2.75, 3.05) is 7.11 Å². The molecule has 1 heterocycles. The van der Waals surface area contributed by atoms with Crippen LogP contribution in [0.25, 0.3) is 0 Å². The Morgan fingerprint density at radius 3 is 2.67 bits per heavy atom. The van der Waals surface area contributed by atoms with Crippen molar-refractivity contribution in [2.24, 2.45) is 5.41 Å². The Kier molecular flexibility index (Phi) is 4.17. The molecule has 3 heteroatoms. The Balaban J connectivity index is 2.57. The van der Waals surface area contributed by atoms with Crippen LogP contribution < -0.4 is 4.74 Å². The molecule has 1 aromatic rings. The largest absolute Gasteiger partial charge is 0.495 e. The van der Waals surface area contributed by atoms with E-state index in [1.807, 2.05) is 11.4 Å². The lowest BCUT2D eigenvalue weighted by molar-refractivity contribution is 0.148. The van der Waals surface area contributed by atoms with E-state index in [9.17, 15) is 5.11 Å². The van der Waals surface area contributed by atoms with Crippen molar-refractivity contribution in [1.29, 1.82) is 0 Å². The molecule has 1 aromatic heterocycles. The minimum absolute atomic E-state index is 0.269. The number of aliphatic hydroxyl groups excluding tert-OH is 1. The summed E-state index contributed by atoms with van der Waals surface area (Å²) in [6, 6.07) is 1.90. The summed E-state index contributed by atoms with van der Waals surface area (Å²) in [4.78, 5) is 0.946. The van der Waals surface area contributed by atoms with Gasteiger partial charge in [0.25, 0.3) is 0 Å². The van der Waals surface area contributed by atoms with Crippen molar-refractivity contribution in [2.45, 2.75) is 39.7 Å². The maximum Gasteiger partial charge on any atom is 0.135 e. The van der Waals surface area contributed by atoms with Gasteiger partial charge >= 0.3 is 0 Å². The number of methoxy groups -OCH3 is 1. The highest BCUT2D eigenvalue weighted by Crippen LogP contribution is 2.35. The molecule has 1 atom stereocenters. The summed E-state index contributed by atoms with van der Waals surface area (Å²) < 4.78 is 5.19. The zero-order valence-corrected chi connectivity index (χ0v) is 10.7. The third-order valence-electron chi connectivity index (χ3n) is 2.35. The Labute approximate surface area is 95.9 Å². The van der Waals surface area contributed by atoms with Gasteiger partial charge in [0, 0.05) is 0 Å². The Hall–Kier alpha value is -0.540. The van der Waals surface area contributed by atoms with Gasteiger partial charge in [0.05, 0.1) is 18.1 Å². The zero-order valence-electron chi connectivity index (χ0n) is 9.91. The van der Waals surface area contributed by atoms with E-state index >= 15 is 0 Å². The molecule has 0 fully saturated rings. The number of rotatable bonds is 4. The molecule has 1 unspecified atom stereocenters. The van der Waals surface area contributed by atoms with Crippen LogP contribution in [0.4, 0.5) is 0 Å². The van der Waals surface area contributed by atoms with Gasteiger partial charge in [-0.05, 0) is 29.7 Å². The Morgan fingerprint density at radius 2 is 2.13 bits per heavy atom. The second kappa shape index (κ2) is 4.99. The molecular weight excluding hydrogens is 208 g/mol. The zero-order chi connectivity index (χ0) is 11.5. The lowest BCUT2D eigenvalue weighted by Gasteiger charge is -2.20. The summed E-state index contributed by atoms with van der Waals surface area (Å²) >= 11 is 1.56. The quantitative estimate of drug-likeness (QED) is 0.853. The highest BCUT2D eigenvalue weighted by Gasteiger charge is 2.18. The van der Waals surface area contributed by atoms with Gasteiger partial charge in [-0.15, -0.1) is 11.3 Å². The van der Waals surface area contributed by atoms with Crippen molar-refractivity contribution in [3.8, 4) is 5.75 Å². The van der Waals surface area contributed by atoms with Crippen LogP contribution in [0.1, 0.15) is 44.6 Å². The molecule has 86 valence electrons. The van der Waals surface area contributed by atoms with Gasteiger partial charge in [0.2, 0.25) is 0 Å². The first kappa shape index (κ1) is 12.5. The first-order valence-electron chi connectivity index (χ1n) is 5.23. The third-order valence-corrected chi connectivity index (χ3v) is 3.35. The van der Waals surface area contributed by atoms with Gasteiger partial charge in [0.1, 0.15) is 5.75 Å². The third kappa shape index (κ3) is 3.84. The first-order chi connectivity index (χ1) is 6.94. The standard InChI is InChI=1S/C12H20O2S/c1-12(2,3)7-5-9(13)11-10(14-4)6-8-15-11/h6,8-9,13H,5,7H2,1-4H3. The lowest BCUT2D eigenvalue weighted by Crippen LogP contribution is -2.08. The van der Waals surface area contributed by atoms with Gasteiger partial charge in [-0.1, -0.05) is 20.8 Å². The van der Waals surface area contributed by atoms with Crippen molar-refractivity contribution in [3.63, 3.8) is 0 Å². The molecule has 0 aromatic carbocycles. The molecule has 0 bridgehead atoms. The maximum absolute atomic E-state index is 10.0. The fourth-order valence-electron chi connectivity index (χ4n) is 1.42. The van der Waals surface area contributed by atoms with Crippen LogP contribution in [0.3, 0.4) is 0 Å². The summed E-state index contributed by atoms with van der Waals surface area (Å²) in [5, 5.41) is 12.0. The van der Waals surface area contributed by atoms with Crippen LogP contribution in [-0.2, 0) is 0 Å². The summed E-state index contributed by atoms with van der Waals surface area (Å²) in [7, 11) is 1.64. The fourth-order valence-corrected chi connectivity index (χ4v) is 2.30. The van der Waals surface area contributed by atoms with Crippen LogP contribution in [-0.4, -0.2) is 12.2 Å². The van der Waals surface area contributed by atoms with Crippen molar-refractivity contribution in [3.05, 3.63) is 16.3 Å². The molecule has 0 saturated heterocycles. The van der Waals surface area contributed by atoms with E-state index in [1.54, 1.807) is 18.4 Å². The number of hydrogen-bond acceptors (Lipinski definition) is 3. The minimum Gasteiger partial charge on any atom is -0.495 e. The Morgan fingerprint density at radius 1 is 1.47 bits per heavy atom. The molecule has 0 aliphatic heterocycles. The van der Waals surface area contributed by atoms with E-state index in [4.69, 9.17) is 4.74 Å². The monoisotopic (exact) mass is 228 g/mol. The molecule has 1 N–H and O–H groups in total.